The Morgan fingerprint density at radius 3 is 2.56 bits per heavy atom. The molecule has 27 heavy (non-hydrogen) atoms. The van der Waals surface area contributed by atoms with Crippen molar-refractivity contribution >= 4 is 51.6 Å². The number of aliphatic hydroxyl groups is 1. The number of aliphatic hydroxyl groups excluding tert-OH is 1. The minimum absolute atomic E-state index is 0.0614. The molecule has 9 heteroatoms. The van der Waals surface area contributed by atoms with Gasteiger partial charge in [0.05, 0.1) is 27.7 Å². The van der Waals surface area contributed by atoms with Crippen molar-refractivity contribution in [2.45, 2.75) is 6.61 Å². The molecule has 0 radical (unpaired) electrons. The highest BCUT2D eigenvalue weighted by atomic mass is 35.5. The third kappa shape index (κ3) is 3.40. The molecule has 0 spiro atoms. The first-order chi connectivity index (χ1) is 13.0. The van der Waals surface area contributed by atoms with E-state index < -0.39 is 0 Å². The van der Waals surface area contributed by atoms with Crippen LogP contribution in [-0.4, -0.2) is 25.0 Å². The van der Waals surface area contributed by atoms with Gasteiger partial charge in [0.15, 0.2) is 5.82 Å². The van der Waals surface area contributed by atoms with Crippen molar-refractivity contribution in [1.29, 1.82) is 0 Å². The van der Waals surface area contributed by atoms with Gasteiger partial charge < -0.3 is 21.1 Å². The molecule has 3 aromatic heterocycles. The summed E-state index contributed by atoms with van der Waals surface area (Å²) in [4.78, 5) is 16.4. The fraction of sp³-hybridized carbons (Fsp3) is 0.0556. The van der Waals surface area contributed by atoms with E-state index in [4.69, 9.17) is 34.0 Å². The van der Waals surface area contributed by atoms with Crippen molar-refractivity contribution in [3.63, 3.8) is 0 Å². The second-order valence-corrected chi connectivity index (χ2v) is 6.65. The number of benzene rings is 1. The van der Waals surface area contributed by atoms with Crippen molar-refractivity contribution in [2.24, 2.45) is 0 Å². The van der Waals surface area contributed by atoms with Crippen molar-refractivity contribution in [2.75, 3.05) is 11.1 Å². The van der Waals surface area contributed by atoms with Gasteiger partial charge in [-0.25, -0.2) is 15.0 Å². The molecule has 1 aromatic carbocycles. The SMILES string of the molecule is Nc1cc(Cl)c(-c2nc3ccnc(Nc4ccc(CO)cn4)c3[nH]2)c(Cl)c1. The molecular weight excluding hydrogens is 387 g/mol. The number of imidazole rings is 1. The number of hydrogen-bond acceptors (Lipinski definition) is 6. The Labute approximate surface area is 164 Å². The molecule has 0 aliphatic rings. The molecule has 3 heterocycles. The largest absolute Gasteiger partial charge is 0.399 e. The van der Waals surface area contributed by atoms with Crippen LogP contribution in [0.25, 0.3) is 22.4 Å². The second-order valence-electron chi connectivity index (χ2n) is 5.83. The van der Waals surface area contributed by atoms with Crippen LogP contribution in [0.15, 0.2) is 42.7 Å². The lowest BCUT2D eigenvalue weighted by Crippen LogP contribution is -1.97. The zero-order valence-corrected chi connectivity index (χ0v) is 15.4. The van der Waals surface area contributed by atoms with E-state index in [9.17, 15) is 0 Å². The summed E-state index contributed by atoms with van der Waals surface area (Å²) in [6, 6.07) is 8.57. The van der Waals surface area contributed by atoms with Crippen molar-refractivity contribution in [1.82, 2.24) is 19.9 Å². The van der Waals surface area contributed by atoms with Gasteiger partial charge in [-0.15, -0.1) is 0 Å². The second kappa shape index (κ2) is 7.03. The molecule has 0 saturated heterocycles. The zero-order valence-electron chi connectivity index (χ0n) is 13.9. The molecule has 5 N–H and O–H groups in total. The van der Waals surface area contributed by atoms with E-state index in [-0.39, 0.29) is 6.61 Å². The van der Waals surface area contributed by atoms with Gasteiger partial charge >= 0.3 is 0 Å². The summed E-state index contributed by atoms with van der Waals surface area (Å²) in [5.41, 5.74) is 8.92. The predicted molar refractivity (Wildman–Crippen MR) is 107 cm³/mol. The van der Waals surface area contributed by atoms with E-state index in [1.807, 2.05) is 0 Å². The molecular formula is C18H14Cl2N6O. The first-order valence-electron chi connectivity index (χ1n) is 7.97. The van der Waals surface area contributed by atoms with Crippen LogP contribution in [0.5, 0.6) is 0 Å². The molecule has 4 rings (SSSR count). The van der Waals surface area contributed by atoms with Gasteiger partial charge in [0.1, 0.15) is 17.2 Å². The number of aromatic amines is 1. The van der Waals surface area contributed by atoms with Crippen LogP contribution in [0.3, 0.4) is 0 Å². The third-order valence-electron chi connectivity index (χ3n) is 3.96. The summed E-state index contributed by atoms with van der Waals surface area (Å²) >= 11 is 12.6. The molecule has 0 fully saturated rings. The highest BCUT2D eigenvalue weighted by Gasteiger charge is 2.16. The first-order valence-corrected chi connectivity index (χ1v) is 8.73. The van der Waals surface area contributed by atoms with E-state index in [2.05, 4.69) is 25.3 Å². The molecule has 0 bridgehead atoms. The van der Waals surface area contributed by atoms with Crippen LogP contribution in [0.1, 0.15) is 5.56 Å². The summed E-state index contributed by atoms with van der Waals surface area (Å²) in [5.74, 6) is 1.66. The molecule has 0 aliphatic carbocycles. The average molecular weight is 401 g/mol. The number of halogens is 2. The van der Waals surface area contributed by atoms with E-state index in [1.165, 1.54) is 0 Å². The minimum Gasteiger partial charge on any atom is -0.399 e. The smallest absolute Gasteiger partial charge is 0.157 e. The van der Waals surface area contributed by atoms with Crippen LogP contribution < -0.4 is 11.1 Å². The van der Waals surface area contributed by atoms with Gasteiger partial charge in [0.25, 0.3) is 0 Å². The van der Waals surface area contributed by atoms with E-state index in [0.717, 1.165) is 5.56 Å². The summed E-state index contributed by atoms with van der Waals surface area (Å²) in [7, 11) is 0. The number of pyridine rings is 2. The number of rotatable bonds is 4. The molecule has 4 aromatic rings. The fourth-order valence-electron chi connectivity index (χ4n) is 2.68. The summed E-state index contributed by atoms with van der Waals surface area (Å²) in [5, 5.41) is 13.1. The number of nitrogens with two attached hydrogens (primary N) is 1. The number of aromatic nitrogens is 4. The average Bonchev–Trinajstić information content (AvgIpc) is 3.06. The van der Waals surface area contributed by atoms with Gasteiger partial charge in [-0.1, -0.05) is 29.3 Å². The van der Waals surface area contributed by atoms with Crippen LogP contribution >= 0.6 is 23.2 Å². The van der Waals surface area contributed by atoms with Crippen molar-refractivity contribution in [3.05, 3.63) is 58.3 Å². The van der Waals surface area contributed by atoms with Crippen LogP contribution in [-0.2, 0) is 6.61 Å². The maximum absolute atomic E-state index is 9.12. The molecule has 136 valence electrons. The van der Waals surface area contributed by atoms with Gasteiger partial charge in [-0.3, -0.25) is 0 Å². The highest BCUT2D eigenvalue weighted by molar-refractivity contribution is 6.39. The molecule has 0 amide bonds. The van der Waals surface area contributed by atoms with E-state index in [1.54, 1.807) is 42.7 Å². The Balaban J connectivity index is 1.76. The number of nitrogen functional groups attached to an aromatic ring is 1. The summed E-state index contributed by atoms with van der Waals surface area (Å²) < 4.78 is 0. The van der Waals surface area contributed by atoms with Crippen LogP contribution in [0, 0.1) is 0 Å². The first kappa shape index (κ1) is 17.5. The molecule has 0 saturated carbocycles. The number of anilines is 3. The highest BCUT2D eigenvalue weighted by Crippen LogP contribution is 2.36. The standard InChI is InChI=1S/C18H14Cl2N6O/c19-11-5-10(21)6-12(20)15(11)17-24-13-3-4-22-18(16(13)26-17)25-14-2-1-9(8-27)7-23-14/h1-7,27H,8,21H2,(H,24,26)(H,22,23,25). The Kier molecular flexibility index (Phi) is 4.57. The fourth-order valence-corrected chi connectivity index (χ4v) is 3.36. The number of hydrogen-bond donors (Lipinski definition) is 4. The summed E-state index contributed by atoms with van der Waals surface area (Å²) in [6.45, 7) is -0.0614. The lowest BCUT2D eigenvalue weighted by Gasteiger charge is -2.06. The topological polar surface area (TPSA) is 113 Å². The number of nitrogens with zero attached hydrogens (tertiary/aromatic N) is 3. The Bertz CT molecular complexity index is 1100. The van der Waals surface area contributed by atoms with E-state index in [0.29, 0.717) is 49.8 Å². The number of nitrogens with one attached hydrogen (secondary N) is 2. The molecule has 0 atom stereocenters. The van der Waals surface area contributed by atoms with Gasteiger partial charge in [0, 0.05) is 18.1 Å². The van der Waals surface area contributed by atoms with Gasteiger partial charge in [-0.2, -0.15) is 0 Å². The minimum atomic E-state index is -0.0614. The zero-order chi connectivity index (χ0) is 19.0. The predicted octanol–water partition coefficient (Wildman–Crippen LogP) is 4.14. The lowest BCUT2D eigenvalue weighted by atomic mass is 10.2. The molecule has 7 nitrogen and oxygen atoms in total. The van der Waals surface area contributed by atoms with Crippen LogP contribution in [0.4, 0.5) is 17.3 Å². The Morgan fingerprint density at radius 2 is 1.89 bits per heavy atom. The summed E-state index contributed by atoms with van der Waals surface area (Å²) in [6.07, 6.45) is 3.23. The maximum Gasteiger partial charge on any atom is 0.157 e. The van der Waals surface area contributed by atoms with Crippen molar-refractivity contribution < 1.29 is 5.11 Å². The maximum atomic E-state index is 9.12. The molecule has 0 unspecified atom stereocenters. The van der Waals surface area contributed by atoms with Gasteiger partial charge in [-0.05, 0) is 29.8 Å². The van der Waals surface area contributed by atoms with E-state index >= 15 is 0 Å². The lowest BCUT2D eigenvalue weighted by molar-refractivity contribution is 0.281. The van der Waals surface area contributed by atoms with Gasteiger partial charge in [0.2, 0.25) is 0 Å². The quantitative estimate of drug-likeness (QED) is 0.382. The number of H-pyrrole nitrogens is 1. The molecule has 0 aliphatic heterocycles. The Hall–Kier alpha value is -2.87. The Morgan fingerprint density at radius 1 is 1.11 bits per heavy atom. The van der Waals surface area contributed by atoms with Crippen LogP contribution in [0.2, 0.25) is 10.0 Å². The third-order valence-corrected chi connectivity index (χ3v) is 4.56. The monoisotopic (exact) mass is 400 g/mol. The number of fused-ring (bicyclic) bond motifs is 1. The van der Waals surface area contributed by atoms with Crippen molar-refractivity contribution in [3.8, 4) is 11.4 Å². The normalized spacial score (nSPS) is 11.1.